The molecular formula is C21H21NO5. The minimum atomic E-state index is -0.798. The Morgan fingerprint density at radius 3 is 2.56 bits per heavy atom. The van der Waals surface area contributed by atoms with Gasteiger partial charge >= 0.3 is 0 Å². The smallest absolute Gasteiger partial charge is 0.270 e. The van der Waals surface area contributed by atoms with E-state index >= 15 is 0 Å². The van der Waals surface area contributed by atoms with E-state index < -0.39 is 17.9 Å². The molecule has 1 heterocycles. The average molecular weight is 367 g/mol. The molecule has 1 aliphatic heterocycles. The summed E-state index contributed by atoms with van der Waals surface area (Å²) in [5.74, 6) is -0.636. The van der Waals surface area contributed by atoms with Crippen LogP contribution in [0.4, 0.5) is 0 Å². The summed E-state index contributed by atoms with van der Waals surface area (Å²) in [5.41, 5.74) is 0.600. The number of hydrogen-bond donors (Lipinski definition) is 0. The lowest BCUT2D eigenvalue weighted by molar-refractivity contribution is -0.135. The Bertz CT molecular complexity index is 876. The zero-order chi connectivity index (χ0) is 19.4. The van der Waals surface area contributed by atoms with Crippen molar-refractivity contribution in [2.24, 2.45) is 0 Å². The Morgan fingerprint density at radius 1 is 1.11 bits per heavy atom. The molecule has 0 fully saturated rings. The molecule has 0 unspecified atom stereocenters. The minimum Gasteiger partial charge on any atom is -0.496 e. The van der Waals surface area contributed by atoms with E-state index in [4.69, 9.17) is 9.47 Å². The summed E-state index contributed by atoms with van der Waals surface area (Å²) in [6, 6.07) is 13.4. The number of amides is 2. The number of hydrogen-bond acceptors (Lipinski definition) is 5. The third-order valence-electron chi connectivity index (χ3n) is 4.43. The molecule has 2 aromatic rings. The molecule has 1 atom stereocenters. The van der Waals surface area contributed by atoms with Crippen LogP contribution in [0.15, 0.2) is 48.5 Å². The predicted octanol–water partition coefficient (Wildman–Crippen LogP) is 3.11. The van der Waals surface area contributed by atoms with Crippen molar-refractivity contribution in [3.05, 3.63) is 59.7 Å². The van der Waals surface area contributed by atoms with Crippen molar-refractivity contribution in [3.63, 3.8) is 0 Å². The maximum absolute atomic E-state index is 13.0. The maximum atomic E-state index is 13.0. The molecule has 0 saturated heterocycles. The van der Waals surface area contributed by atoms with E-state index in [1.807, 2.05) is 6.92 Å². The first-order chi connectivity index (χ1) is 13.1. The Morgan fingerprint density at radius 2 is 1.81 bits per heavy atom. The Labute approximate surface area is 157 Å². The molecule has 140 valence electrons. The van der Waals surface area contributed by atoms with E-state index in [-0.39, 0.29) is 17.9 Å². The summed E-state index contributed by atoms with van der Waals surface area (Å²) in [6.45, 7) is 1.57. The number of benzene rings is 2. The van der Waals surface area contributed by atoms with Crippen LogP contribution in [0, 0.1) is 0 Å². The van der Waals surface area contributed by atoms with E-state index in [2.05, 4.69) is 0 Å². The second kappa shape index (κ2) is 8.03. The molecule has 1 aliphatic rings. The molecular weight excluding hydrogens is 346 g/mol. The number of fused-ring (bicyclic) bond motifs is 1. The summed E-state index contributed by atoms with van der Waals surface area (Å²) in [4.78, 5) is 39.7. The average Bonchev–Trinajstić information content (AvgIpc) is 2.79. The lowest BCUT2D eigenvalue weighted by Crippen LogP contribution is -2.45. The highest BCUT2D eigenvalue weighted by Gasteiger charge is 2.37. The van der Waals surface area contributed by atoms with Gasteiger partial charge in [-0.3, -0.25) is 19.3 Å². The van der Waals surface area contributed by atoms with Crippen LogP contribution in [0.25, 0.3) is 0 Å². The van der Waals surface area contributed by atoms with Gasteiger partial charge in [-0.25, -0.2) is 0 Å². The Balaban J connectivity index is 1.95. The van der Waals surface area contributed by atoms with E-state index in [0.717, 1.165) is 4.90 Å². The Hall–Kier alpha value is -3.15. The number of imide groups is 1. The molecule has 0 saturated carbocycles. The van der Waals surface area contributed by atoms with E-state index in [9.17, 15) is 14.4 Å². The molecule has 0 radical (unpaired) electrons. The summed E-state index contributed by atoms with van der Waals surface area (Å²) >= 11 is 0. The van der Waals surface area contributed by atoms with Gasteiger partial charge in [0.15, 0.2) is 11.9 Å². The molecule has 6 nitrogen and oxygen atoms in total. The van der Waals surface area contributed by atoms with Crippen LogP contribution in [0.5, 0.6) is 11.5 Å². The number of para-hydroxylation sites is 2. The van der Waals surface area contributed by atoms with Crippen molar-refractivity contribution in [1.29, 1.82) is 0 Å². The molecule has 2 aromatic carbocycles. The first-order valence-electron chi connectivity index (χ1n) is 8.84. The number of ketones is 1. The highest BCUT2D eigenvalue weighted by Crippen LogP contribution is 2.27. The molecule has 0 aromatic heterocycles. The summed E-state index contributed by atoms with van der Waals surface area (Å²) in [6.07, 6.45) is 0.369. The molecule has 6 heteroatoms. The van der Waals surface area contributed by atoms with Gasteiger partial charge < -0.3 is 9.47 Å². The van der Waals surface area contributed by atoms with Crippen molar-refractivity contribution in [2.45, 2.75) is 25.9 Å². The third kappa shape index (κ3) is 3.69. The SMILES string of the molecule is CCC[C@H]1Oc2ccccc2C(=O)N(CC(=O)c2ccccc2OC)C1=O. The van der Waals surface area contributed by atoms with Crippen molar-refractivity contribution < 1.29 is 23.9 Å². The standard InChI is InChI=1S/C21H21NO5/c1-3-8-19-21(25)22(20(24)15-10-5-7-12-18(15)27-19)13-16(23)14-9-4-6-11-17(14)26-2/h4-7,9-12,19H,3,8,13H2,1-2H3/t19-/m1/s1. The number of ether oxygens (including phenoxy) is 2. The fraction of sp³-hybridized carbons (Fsp3) is 0.286. The number of rotatable bonds is 6. The van der Waals surface area contributed by atoms with Gasteiger partial charge in [-0.15, -0.1) is 0 Å². The van der Waals surface area contributed by atoms with Crippen molar-refractivity contribution >= 4 is 17.6 Å². The number of carbonyl (C=O) groups is 3. The Kier molecular flexibility index (Phi) is 5.54. The zero-order valence-corrected chi connectivity index (χ0v) is 15.3. The van der Waals surface area contributed by atoms with Crippen LogP contribution < -0.4 is 9.47 Å². The quantitative estimate of drug-likeness (QED) is 0.579. The largest absolute Gasteiger partial charge is 0.496 e. The topological polar surface area (TPSA) is 72.9 Å². The molecule has 27 heavy (non-hydrogen) atoms. The zero-order valence-electron chi connectivity index (χ0n) is 15.3. The van der Waals surface area contributed by atoms with E-state index in [1.165, 1.54) is 7.11 Å². The molecule has 3 rings (SSSR count). The number of carbonyl (C=O) groups excluding carboxylic acids is 3. The van der Waals surface area contributed by atoms with Gasteiger partial charge in [-0.2, -0.15) is 0 Å². The summed E-state index contributed by atoms with van der Waals surface area (Å²) in [7, 11) is 1.47. The first-order valence-corrected chi connectivity index (χ1v) is 8.84. The van der Waals surface area contributed by atoms with E-state index in [1.54, 1.807) is 48.5 Å². The van der Waals surface area contributed by atoms with Gasteiger partial charge in [0.1, 0.15) is 11.5 Å². The first kappa shape index (κ1) is 18.6. The number of Topliss-reactive ketones (excluding diaryl/α,β-unsaturated/α-hetero) is 1. The van der Waals surface area contributed by atoms with Crippen LogP contribution in [-0.2, 0) is 4.79 Å². The molecule has 2 amide bonds. The normalized spacial score (nSPS) is 16.4. The summed E-state index contributed by atoms with van der Waals surface area (Å²) in [5, 5.41) is 0. The van der Waals surface area contributed by atoms with Crippen molar-refractivity contribution in [1.82, 2.24) is 4.90 Å². The van der Waals surface area contributed by atoms with Gasteiger partial charge in [0.25, 0.3) is 11.8 Å². The molecule has 0 N–H and O–H groups in total. The molecule has 0 spiro atoms. The van der Waals surface area contributed by atoms with Gasteiger partial charge in [-0.05, 0) is 30.7 Å². The van der Waals surface area contributed by atoms with Crippen molar-refractivity contribution in [3.8, 4) is 11.5 Å². The van der Waals surface area contributed by atoms with Crippen LogP contribution in [0.3, 0.4) is 0 Å². The van der Waals surface area contributed by atoms with Crippen LogP contribution in [0.1, 0.15) is 40.5 Å². The third-order valence-corrected chi connectivity index (χ3v) is 4.43. The van der Waals surface area contributed by atoms with Gasteiger partial charge in [0.2, 0.25) is 0 Å². The maximum Gasteiger partial charge on any atom is 0.270 e. The molecule has 0 aliphatic carbocycles. The predicted molar refractivity (Wildman–Crippen MR) is 99.1 cm³/mol. The lowest BCUT2D eigenvalue weighted by Gasteiger charge is -2.21. The minimum absolute atomic E-state index is 0.275. The van der Waals surface area contributed by atoms with Crippen LogP contribution in [0.2, 0.25) is 0 Å². The number of nitrogens with zero attached hydrogens (tertiary/aromatic N) is 1. The van der Waals surface area contributed by atoms with Gasteiger partial charge in [0.05, 0.1) is 24.8 Å². The van der Waals surface area contributed by atoms with Crippen molar-refractivity contribution in [2.75, 3.05) is 13.7 Å². The lowest BCUT2D eigenvalue weighted by atomic mass is 10.1. The van der Waals surface area contributed by atoms with E-state index in [0.29, 0.717) is 29.9 Å². The van der Waals surface area contributed by atoms with Crippen LogP contribution >= 0.6 is 0 Å². The van der Waals surface area contributed by atoms with Gasteiger partial charge in [-0.1, -0.05) is 37.6 Å². The fourth-order valence-corrected chi connectivity index (χ4v) is 3.07. The molecule has 0 bridgehead atoms. The van der Waals surface area contributed by atoms with Gasteiger partial charge in [0, 0.05) is 0 Å². The van der Waals surface area contributed by atoms with Crippen LogP contribution in [-0.4, -0.2) is 42.3 Å². The second-order valence-electron chi connectivity index (χ2n) is 6.24. The number of methoxy groups -OCH3 is 1. The fourth-order valence-electron chi connectivity index (χ4n) is 3.07. The second-order valence-corrected chi connectivity index (χ2v) is 6.24. The monoisotopic (exact) mass is 367 g/mol. The highest BCUT2D eigenvalue weighted by atomic mass is 16.5. The summed E-state index contributed by atoms with van der Waals surface area (Å²) < 4.78 is 11.0. The highest BCUT2D eigenvalue weighted by molar-refractivity contribution is 6.12.